The van der Waals surface area contributed by atoms with Gasteiger partial charge in [0.15, 0.2) is 0 Å². The SMILES string of the molecule is Cc1c(-c2c(-c3ccc(F)c4ccoc34)ncc3snc(OC(Cc4ccccc4OCc4ccnn4CC(F)(F)F)C(=O)O)c23)ccc(OCCN2CCN(C)CC2)c1Cl. The lowest BCUT2D eigenvalue weighted by molar-refractivity contribution is -0.145. The van der Waals surface area contributed by atoms with Crippen LogP contribution in [0.1, 0.15) is 16.8 Å². The number of rotatable bonds is 15. The summed E-state index contributed by atoms with van der Waals surface area (Å²) < 4.78 is 84.6. The van der Waals surface area contributed by atoms with Gasteiger partial charge in [-0.3, -0.25) is 14.6 Å². The smallest absolute Gasteiger partial charge is 0.408 e. The second kappa shape index (κ2) is 17.7. The van der Waals surface area contributed by atoms with E-state index >= 15 is 0 Å². The summed E-state index contributed by atoms with van der Waals surface area (Å²) in [5.41, 5.74) is 3.47. The number of hydrogen-bond acceptors (Lipinski definition) is 11. The molecule has 1 aliphatic rings. The number of aliphatic carboxylic acids is 1. The number of pyridine rings is 1. The second-order valence-electron chi connectivity index (χ2n) is 14.7. The van der Waals surface area contributed by atoms with Crippen molar-refractivity contribution in [3.05, 3.63) is 107 Å². The van der Waals surface area contributed by atoms with Crippen molar-refractivity contribution in [2.24, 2.45) is 0 Å². The van der Waals surface area contributed by atoms with Crippen LogP contribution in [0.4, 0.5) is 17.6 Å². The maximum atomic E-state index is 15.0. The number of ether oxygens (including phenoxy) is 3. The van der Waals surface area contributed by atoms with Crippen LogP contribution in [0.2, 0.25) is 5.02 Å². The van der Waals surface area contributed by atoms with Crippen LogP contribution >= 0.6 is 23.1 Å². The van der Waals surface area contributed by atoms with E-state index in [1.807, 2.05) is 13.0 Å². The van der Waals surface area contributed by atoms with Crippen LogP contribution in [0.25, 0.3) is 43.4 Å². The number of para-hydroxylation sites is 1. The second-order valence-corrected chi connectivity index (χ2v) is 15.8. The molecule has 1 N–H and O–H groups in total. The summed E-state index contributed by atoms with van der Waals surface area (Å²) in [6.07, 6.45) is -1.96. The third-order valence-corrected chi connectivity index (χ3v) is 11.8. The van der Waals surface area contributed by atoms with E-state index in [0.717, 1.165) is 48.9 Å². The number of likely N-dealkylation sites (N-methyl/N-ethyl adjacent to an activating group) is 1. The van der Waals surface area contributed by atoms with Crippen molar-refractivity contribution in [1.82, 2.24) is 28.9 Å². The molecular formula is C43H39ClF4N6O6S. The number of benzene rings is 3. The van der Waals surface area contributed by atoms with Crippen molar-refractivity contribution in [2.45, 2.75) is 38.8 Å². The van der Waals surface area contributed by atoms with E-state index in [-0.39, 0.29) is 41.3 Å². The minimum Gasteiger partial charge on any atom is -0.491 e. The quantitative estimate of drug-likeness (QED) is 0.0993. The lowest BCUT2D eigenvalue weighted by atomic mass is 9.92. The molecule has 5 heterocycles. The number of halogens is 5. The van der Waals surface area contributed by atoms with E-state index in [1.165, 1.54) is 30.7 Å². The van der Waals surface area contributed by atoms with Gasteiger partial charge < -0.3 is 28.6 Å². The van der Waals surface area contributed by atoms with Crippen molar-refractivity contribution in [1.29, 1.82) is 0 Å². The third kappa shape index (κ3) is 9.15. The largest absolute Gasteiger partial charge is 0.491 e. The number of nitrogens with zero attached hydrogens (tertiary/aromatic N) is 6. The molecule has 1 unspecified atom stereocenters. The van der Waals surface area contributed by atoms with Gasteiger partial charge in [0.25, 0.3) is 0 Å². The Bertz CT molecular complexity index is 2700. The third-order valence-electron chi connectivity index (χ3n) is 10.6. The molecule has 8 rings (SSSR count). The number of hydrogen-bond donors (Lipinski definition) is 1. The molecule has 1 aliphatic heterocycles. The molecule has 318 valence electrons. The highest BCUT2D eigenvalue weighted by molar-refractivity contribution is 7.13. The molecule has 61 heavy (non-hydrogen) atoms. The predicted octanol–water partition coefficient (Wildman–Crippen LogP) is 8.91. The van der Waals surface area contributed by atoms with Crippen LogP contribution in [0, 0.1) is 12.7 Å². The molecule has 1 saturated heterocycles. The number of carboxylic acids is 1. The molecule has 0 bridgehead atoms. The molecule has 0 aliphatic carbocycles. The van der Waals surface area contributed by atoms with Crippen molar-refractivity contribution >= 4 is 50.2 Å². The molecule has 0 amide bonds. The van der Waals surface area contributed by atoms with Crippen LogP contribution < -0.4 is 14.2 Å². The van der Waals surface area contributed by atoms with Crippen molar-refractivity contribution in [3.63, 3.8) is 0 Å². The van der Waals surface area contributed by atoms with E-state index in [9.17, 15) is 27.5 Å². The molecular weight excluding hydrogens is 840 g/mol. The van der Waals surface area contributed by atoms with Gasteiger partial charge in [-0.15, -0.1) is 0 Å². The maximum Gasteiger partial charge on any atom is 0.408 e. The summed E-state index contributed by atoms with van der Waals surface area (Å²) in [7, 11) is 2.10. The first-order valence-corrected chi connectivity index (χ1v) is 20.4. The van der Waals surface area contributed by atoms with Gasteiger partial charge in [0, 0.05) is 62.7 Å². The number of aromatic nitrogens is 4. The van der Waals surface area contributed by atoms with E-state index in [0.29, 0.717) is 61.0 Å². The predicted molar refractivity (Wildman–Crippen MR) is 222 cm³/mol. The molecule has 0 spiro atoms. The van der Waals surface area contributed by atoms with Gasteiger partial charge in [0.05, 0.1) is 38.1 Å². The molecule has 1 fully saturated rings. The van der Waals surface area contributed by atoms with Crippen LogP contribution in [0.3, 0.4) is 0 Å². The lowest BCUT2D eigenvalue weighted by Crippen LogP contribution is -2.45. The minimum atomic E-state index is -4.49. The molecule has 4 aromatic heterocycles. The Morgan fingerprint density at radius 3 is 2.59 bits per heavy atom. The normalized spacial score (nSPS) is 14.5. The molecule has 12 nitrogen and oxygen atoms in total. The summed E-state index contributed by atoms with van der Waals surface area (Å²) in [5, 5.41) is 15.4. The van der Waals surface area contributed by atoms with Crippen molar-refractivity contribution < 1.29 is 46.1 Å². The Morgan fingerprint density at radius 1 is 1.02 bits per heavy atom. The van der Waals surface area contributed by atoms with E-state index in [4.69, 9.17) is 35.2 Å². The molecule has 18 heteroatoms. The molecule has 0 radical (unpaired) electrons. The van der Waals surface area contributed by atoms with Crippen molar-refractivity contribution in [2.75, 3.05) is 46.4 Å². The first kappa shape index (κ1) is 42.0. The van der Waals surface area contributed by atoms with Gasteiger partial charge >= 0.3 is 12.1 Å². The summed E-state index contributed by atoms with van der Waals surface area (Å²) in [5.74, 6) is -1.04. The lowest BCUT2D eigenvalue weighted by Gasteiger charge is -2.32. The highest BCUT2D eigenvalue weighted by Gasteiger charge is 2.31. The number of carbonyl (C=O) groups is 1. The van der Waals surface area contributed by atoms with Crippen molar-refractivity contribution in [3.8, 4) is 39.8 Å². The van der Waals surface area contributed by atoms with Crippen LogP contribution in [-0.4, -0.2) is 98.7 Å². The van der Waals surface area contributed by atoms with E-state index < -0.39 is 30.6 Å². The van der Waals surface area contributed by atoms with Crippen LogP contribution in [0.15, 0.2) is 83.7 Å². The minimum absolute atomic E-state index is 0.00123. The Kier molecular flexibility index (Phi) is 12.2. The molecule has 1 atom stereocenters. The monoisotopic (exact) mass is 878 g/mol. The van der Waals surface area contributed by atoms with Crippen LogP contribution in [-0.2, 0) is 24.4 Å². The Balaban J connectivity index is 1.14. The van der Waals surface area contributed by atoms with E-state index in [1.54, 1.807) is 42.6 Å². The van der Waals surface area contributed by atoms with Gasteiger partial charge in [-0.05, 0) is 78.6 Å². The van der Waals surface area contributed by atoms with Gasteiger partial charge in [-0.2, -0.15) is 22.6 Å². The molecule has 7 aromatic rings. The molecule has 0 saturated carbocycles. The summed E-state index contributed by atoms with van der Waals surface area (Å²) >= 11 is 8.11. The zero-order valence-corrected chi connectivity index (χ0v) is 34.5. The standard InChI is InChI=1S/C43H39ClF4N6O6S/c1-25-28(8-10-33(38(25)44)57-20-18-53-16-14-52(2)15-17-53)36-37-35(22-49-39(36)30-7-9-31(45)29-12-19-58-40(29)30)61-51-41(37)60-34(42(55)56)21-26-5-3-4-6-32(26)59-23-27-11-13-50-54(27)24-43(46,47)48/h3-13,19,22,34H,14-18,20-21,23-24H2,1-2H3,(H,55,56). The van der Waals surface area contributed by atoms with Crippen LogP contribution in [0.5, 0.6) is 17.4 Å². The van der Waals surface area contributed by atoms with Gasteiger partial charge in [0.2, 0.25) is 12.0 Å². The molecule has 3 aromatic carbocycles. The van der Waals surface area contributed by atoms with Gasteiger partial charge in [-0.25, -0.2) is 9.18 Å². The van der Waals surface area contributed by atoms with Gasteiger partial charge in [-0.1, -0.05) is 35.9 Å². The summed E-state index contributed by atoms with van der Waals surface area (Å²) in [6, 6.07) is 16.1. The zero-order chi connectivity index (χ0) is 42.8. The summed E-state index contributed by atoms with van der Waals surface area (Å²) in [4.78, 5) is 22.4. The fraction of sp³-hybridized carbons (Fsp3) is 0.302. The number of alkyl halides is 3. The summed E-state index contributed by atoms with van der Waals surface area (Å²) in [6.45, 7) is 5.32. The highest BCUT2D eigenvalue weighted by Crippen LogP contribution is 2.47. The van der Waals surface area contributed by atoms with Gasteiger partial charge in [0.1, 0.15) is 42.7 Å². The first-order chi connectivity index (χ1) is 29.3. The number of furan rings is 1. The Morgan fingerprint density at radius 2 is 1.80 bits per heavy atom. The zero-order valence-electron chi connectivity index (χ0n) is 32.9. The number of fused-ring (bicyclic) bond motifs is 2. The maximum absolute atomic E-state index is 15.0. The first-order valence-electron chi connectivity index (χ1n) is 19.3. The highest BCUT2D eigenvalue weighted by atomic mass is 35.5. The Hall–Kier alpha value is -5.75. The Labute approximate surface area is 356 Å². The number of piperazine rings is 1. The topological polar surface area (TPSA) is 128 Å². The fourth-order valence-corrected chi connectivity index (χ4v) is 8.26. The number of carboxylic acid groups (broad SMARTS) is 1. The van der Waals surface area contributed by atoms with E-state index in [2.05, 4.69) is 26.3 Å². The average molecular weight is 879 g/mol. The average Bonchev–Trinajstić information content (AvgIpc) is 4.00. The fourth-order valence-electron chi connectivity index (χ4n) is 7.35.